The van der Waals surface area contributed by atoms with Crippen molar-refractivity contribution in [2.45, 2.75) is 38.1 Å². The maximum atomic E-state index is 14.4. The van der Waals surface area contributed by atoms with Crippen LogP contribution in [-0.2, 0) is 4.79 Å². The van der Waals surface area contributed by atoms with Crippen molar-refractivity contribution in [1.82, 2.24) is 15.3 Å². The average molecular weight is 471 g/mol. The molecule has 170 valence electrons. The van der Waals surface area contributed by atoms with Gasteiger partial charge >= 0.3 is 0 Å². The molecule has 0 unspecified atom stereocenters. The maximum absolute atomic E-state index is 14.4. The van der Waals surface area contributed by atoms with E-state index in [0.717, 1.165) is 12.1 Å². The first-order valence-electron chi connectivity index (χ1n) is 10.9. The molecule has 2 heterocycles. The number of halogens is 3. The first-order valence-corrected chi connectivity index (χ1v) is 11.2. The molecule has 0 radical (unpaired) electrons. The van der Waals surface area contributed by atoms with Gasteiger partial charge in [-0.1, -0.05) is 17.7 Å². The number of amides is 2. The largest absolute Gasteiger partial charge is 0.349 e. The number of fused-ring (bicyclic) bond motifs is 1. The summed E-state index contributed by atoms with van der Waals surface area (Å²) in [6.07, 6.45) is 6.10. The molecule has 6 nitrogen and oxygen atoms in total. The summed E-state index contributed by atoms with van der Waals surface area (Å²) in [7, 11) is 0. The molecule has 1 saturated carbocycles. The van der Waals surface area contributed by atoms with Gasteiger partial charge in [0.15, 0.2) is 5.82 Å². The van der Waals surface area contributed by atoms with Crippen LogP contribution in [0.25, 0.3) is 11.0 Å². The monoisotopic (exact) mass is 470 g/mol. The van der Waals surface area contributed by atoms with Crippen LogP contribution in [0.4, 0.5) is 14.5 Å². The van der Waals surface area contributed by atoms with Crippen LogP contribution >= 0.6 is 11.6 Å². The minimum Gasteiger partial charge on any atom is -0.349 e. The molecule has 5 rings (SSSR count). The highest BCUT2D eigenvalue weighted by Crippen LogP contribution is 2.47. The van der Waals surface area contributed by atoms with Crippen LogP contribution in [0, 0.1) is 17.0 Å². The first kappa shape index (κ1) is 21.7. The van der Waals surface area contributed by atoms with Crippen LogP contribution in [0.2, 0.25) is 5.02 Å². The number of carbonyl (C=O) groups is 2. The van der Waals surface area contributed by atoms with E-state index in [9.17, 15) is 18.4 Å². The summed E-state index contributed by atoms with van der Waals surface area (Å²) < 4.78 is 27.8. The van der Waals surface area contributed by atoms with Gasteiger partial charge in [0.05, 0.1) is 27.2 Å². The highest BCUT2D eigenvalue weighted by molar-refractivity contribution is 6.34. The molecule has 2 amide bonds. The van der Waals surface area contributed by atoms with Gasteiger partial charge in [-0.15, -0.1) is 0 Å². The van der Waals surface area contributed by atoms with E-state index in [1.807, 2.05) is 0 Å². The molecule has 3 aromatic rings. The van der Waals surface area contributed by atoms with Gasteiger partial charge < -0.3 is 10.2 Å². The van der Waals surface area contributed by atoms with Crippen molar-refractivity contribution >= 4 is 40.1 Å². The number of anilines is 1. The quantitative estimate of drug-likeness (QED) is 0.604. The predicted molar refractivity (Wildman–Crippen MR) is 120 cm³/mol. The normalized spacial score (nSPS) is 22.8. The number of aromatic nitrogens is 2. The number of hydrogen-bond donors (Lipinski definition) is 1. The molecule has 0 bridgehead atoms. The van der Waals surface area contributed by atoms with Crippen molar-refractivity contribution in [3.05, 3.63) is 64.9 Å². The van der Waals surface area contributed by atoms with Gasteiger partial charge in [-0.05, 0) is 50.3 Å². The average Bonchev–Trinajstić information content (AvgIpc) is 3.10. The molecule has 1 aliphatic heterocycles. The van der Waals surface area contributed by atoms with E-state index in [1.54, 1.807) is 30.6 Å². The Hall–Kier alpha value is -3.13. The lowest BCUT2D eigenvalue weighted by Gasteiger charge is -2.36. The van der Waals surface area contributed by atoms with E-state index in [1.165, 1.54) is 4.90 Å². The number of carbonyl (C=O) groups excluding carboxylic acids is 2. The number of para-hydroxylation sites is 1. The highest BCUT2D eigenvalue weighted by atomic mass is 35.5. The fourth-order valence-electron chi connectivity index (χ4n) is 5.04. The molecule has 33 heavy (non-hydrogen) atoms. The third kappa shape index (κ3) is 3.82. The summed E-state index contributed by atoms with van der Waals surface area (Å²) >= 11 is 6.06. The van der Waals surface area contributed by atoms with Crippen LogP contribution in [0.3, 0.4) is 0 Å². The molecule has 1 saturated heterocycles. The van der Waals surface area contributed by atoms with E-state index in [-0.39, 0.29) is 28.6 Å². The minimum absolute atomic E-state index is 0.0626. The lowest BCUT2D eigenvalue weighted by atomic mass is 9.71. The van der Waals surface area contributed by atoms with E-state index >= 15 is 0 Å². The zero-order chi connectivity index (χ0) is 23.2. The second-order valence-corrected chi connectivity index (χ2v) is 9.09. The molecule has 1 spiro atoms. The second-order valence-electron chi connectivity index (χ2n) is 8.68. The van der Waals surface area contributed by atoms with Crippen molar-refractivity contribution in [3.8, 4) is 0 Å². The summed E-state index contributed by atoms with van der Waals surface area (Å²) in [4.78, 5) is 36.0. The Kier molecular flexibility index (Phi) is 5.48. The molecular formula is C24H21ClF2N4O2. The summed E-state index contributed by atoms with van der Waals surface area (Å²) in [5.74, 6) is -2.04. The Morgan fingerprint density at radius 1 is 1.12 bits per heavy atom. The zero-order valence-electron chi connectivity index (χ0n) is 17.7. The molecule has 1 N–H and O–H groups in total. The van der Waals surface area contributed by atoms with E-state index < -0.39 is 17.0 Å². The first-order chi connectivity index (χ1) is 15.9. The standard InChI is InChI=1S/C24H21ClF2N4O2/c25-17-12-14(26)13-18(27)21(17)31-11-8-24(23(31)33)6-4-15(5-7-24)30-22(32)16-2-1-3-19-20(16)29-10-9-28-19/h1-3,9-10,12-13,15H,4-8,11H2,(H,30,32)/t15-,24-. The molecular weight excluding hydrogens is 450 g/mol. The van der Waals surface area contributed by atoms with E-state index in [0.29, 0.717) is 55.2 Å². The summed E-state index contributed by atoms with van der Waals surface area (Å²) in [6, 6.07) is 6.97. The second kappa shape index (κ2) is 8.33. The SMILES string of the molecule is O=C(N[C@H]1CC[C@@]2(CCN(c3c(F)cc(F)cc3Cl)C2=O)CC1)c1cccc2nccnc12. The van der Waals surface area contributed by atoms with Gasteiger partial charge in [0.1, 0.15) is 11.3 Å². The molecule has 1 aliphatic carbocycles. The lowest BCUT2D eigenvalue weighted by Crippen LogP contribution is -2.44. The molecule has 2 aromatic carbocycles. The van der Waals surface area contributed by atoms with E-state index in [4.69, 9.17) is 11.6 Å². The maximum Gasteiger partial charge on any atom is 0.253 e. The molecule has 0 atom stereocenters. The Bertz CT molecular complexity index is 1230. The number of benzene rings is 2. The van der Waals surface area contributed by atoms with Crippen LogP contribution in [0.5, 0.6) is 0 Å². The third-order valence-corrected chi connectivity index (χ3v) is 7.07. The van der Waals surface area contributed by atoms with Crippen molar-refractivity contribution in [2.75, 3.05) is 11.4 Å². The molecule has 2 aliphatic rings. The number of nitrogens with zero attached hydrogens (tertiary/aromatic N) is 3. The lowest BCUT2D eigenvalue weighted by molar-refractivity contribution is -0.127. The zero-order valence-corrected chi connectivity index (χ0v) is 18.4. The summed E-state index contributed by atoms with van der Waals surface area (Å²) in [6.45, 7) is 0.326. The number of rotatable bonds is 3. The van der Waals surface area contributed by atoms with Gasteiger partial charge in [-0.25, -0.2) is 8.78 Å². The topological polar surface area (TPSA) is 75.2 Å². The van der Waals surface area contributed by atoms with Crippen molar-refractivity contribution in [1.29, 1.82) is 0 Å². The van der Waals surface area contributed by atoms with Gasteiger partial charge in [0.25, 0.3) is 5.91 Å². The van der Waals surface area contributed by atoms with Crippen LogP contribution in [0.1, 0.15) is 42.5 Å². The van der Waals surface area contributed by atoms with Crippen LogP contribution in [-0.4, -0.2) is 34.4 Å². The van der Waals surface area contributed by atoms with Crippen molar-refractivity contribution < 1.29 is 18.4 Å². The Morgan fingerprint density at radius 2 is 1.88 bits per heavy atom. The van der Waals surface area contributed by atoms with Gasteiger partial charge in [0, 0.05) is 31.0 Å². The Balaban J connectivity index is 1.27. The number of nitrogens with one attached hydrogen (secondary N) is 1. The van der Waals surface area contributed by atoms with Crippen molar-refractivity contribution in [2.24, 2.45) is 5.41 Å². The smallest absolute Gasteiger partial charge is 0.253 e. The summed E-state index contributed by atoms with van der Waals surface area (Å²) in [5.41, 5.74) is 0.981. The Morgan fingerprint density at radius 3 is 2.64 bits per heavy atom. The summed E-state index contributed by atoms with van der Waals surface area (Å²) in [5, 5.41) is 2.95. The third-order valence-electron chi connectivity index (χ3n) is 6.79. The van der Waals surface area contributed by atoms with Gasteiger partial charge in [-0.2, -0.15) is 0 Å². The Labute approximate surface area is 194 Å². The van der Waals surface area contributed by atoms with Crippen molar-refractivity contribution in [3.63, 3.8) is 0 Å². The van der Waals surface area contributed by atoms with Gasteiger partial charge in [-0.3, -0.25) is 19.6 Å². The molecule has 2 fully saturated rings. The van der Waals surface area contributed by atoms with Crippen LogP contribution < -0.4 is 10.2 Å². The molecule has 1 aromatic heterocycles. The fraction of sp³-hybridized carbons (Fsp3) is 0.333. The van der Waals surface area contributed by atoms with Crippen LogP contribution in [0.15, 0.2) is 42.7 Å². The molecule has 9 heteroatoms. The fourth-order valence-corrected chi connectivity index (χ4v) is 5.34. The predicted octanol–water partition coefficient (Wildman–Crippen LogP) is 4.66. The van der Waals surface area contributed by atoms with Gasteiger partial charge in [0.2, 0.25) is 5.91 Å². The van der Waals surface area contributed by atoms with E-state index in [2.05, 4.69) is 15.3 Å². The minimum atomic E-state index is -0.843. The number of hydrogen-bond acceptors (Lipinski definition) is 4. The highest BCUT2D eigenvalue weighted by Gasteiger charge is 2.49.